The molecule has 1 aromatic heterocycles. The maximum Gasteiger partial charge on any atom is 0.137 e. The van der Waals surface area contributed by atoms with Crippen LogP contribution in [0.4, 0.5) is 8.78 Å². The Labute approximate surface area is 134 Å². The van der Waals surface area contributed by atoms with Crippen LogP contribution >= 0.6 is 38.9 Å². The molecule has 0 spiro atoms. The maximum absolute atomic E-state index is 14.2. The molecule has 0 saturated carbocycles. The molecule has 1 N–H and O–H groups in total. The first-order chi connectivity index (χ1) is 9.45. The second-order valence-electron chi connectivity index (χ2n) is 4.38. The van der Waals surface area contributed by atoms with Crippen LogP contribution in [-0.2, 0) is 0 Å². The SMILES string of the molecule is CCNC(c1cc(F)c(Br)cc1F)c1scc(C)c1Cl. The lowest BCUT2D eigenvalue weighted by atomic mass is 10.0. The summed E-state index contributed by atoms with van der Waals surface area (Å²) >= 11 is 10.7. The number of rotatable bonds is 4. The molecule has 0 fully saturated rings. The third-order valence-electron chi connectivity index (χ3n) is 2.95. The summed E-state index contributed by atoms with van der Waals surface area (Å²) in [5, 5.41) is 5.67. The van der Waals surface area contributed by atoms with E-state index in [1.54, 1.807) is 0 Å². The molecular weight excluding hydrogens is 368 g/mol. The van der Waals surface area contributed by atoms with Gasteiger partial charge in [-0.1, -0.05) is 18.5 Å². The molecule has 0 amide bonds. The molecule has 0 aliphatic heterocycles. The van der Waals surface area contributed by atoms with Crippen molar-refractivity contribution in [1.29, 1.82) is 0 Å². The van der Waals surface area contributed by atoms with Crippen LogP contribution in [0.1, 0.15) is 29.0 Å². The van der Waals surface area contributed by atoms with Crippen molar-refractivity contribution < 1.29 is 8.78 Å². The molecule has 6 heteroatoms. The summed E-state index contributed by atoms with van der Waals surface area (Å²) in [4.78, 5) is 0.798. The van der Waals surface area contributed by atoms with E-state index < -0.39 is 17.7 Å². The number of hydrogen-bond donors (Lipinski definition) is 1. The van der Waals surface area contributed by atoms with Crippen LogP contribution in [0.5, 0.6) is 0 Å². The van der Waals surface area contributed by atoms with Gasteiger partial charge < -0.3 is 5.32 Å². The first-order valence-corrected chi connectivity index (χ1v) is 8.12. The molecule has 0 aliphatic carbocycles. The van der Waals surface area contributed by atoms with Crippen LogP contribution in [0.3, 0.4) is 0 Å². The lowest BCUT2D eigenvalue weighted by Gasteiger charge is -2.19. The summed E-state index contributed by atoms with van der Waals surface area (Å²) in [7, 11) is 0. The molecule has 1 unspecified atom stereocenters. The lowest BCUT2D eigenvalue weighted by molar-refractivity contribution is 0.545. The van der Waals surface area contributed by atoms with Crippen LogP contribution in [0.25, 0.3) is 0 Å². The zero-order chi connectivity index (χ0) is 14.9. The fourth-order valence-corrected chi connectivity index (χ4v) is 3.66. The van der Waals surface area contributed by atoms with Gasteiger partial charge in [0.2, 0.25) is 0 Å². The molecule has 1 atom stereocenters. The predicted octanol–water partition coefficient (Wildman–Crippen LogP) is 5.45. The Morgan fingerprint density at radius 2 is 2.05 bits per heavy atom. The minimum Gasteiger partial charge on any atom is -0.306 e. The van der Waals surface area contributed by atoms with Crippen molar-refractivity contribution >= 4 is 38.9 Å². The van der Waals surface area contributed by atoms with Crippen molar-refractivity contribution in [2.45, 2.75) is 19.9 Å². The van der Waals surface area contributed by atoms with E-state index in [4.69, 9.17) is 11.6 Å². The van der Waals surface area contributed by atoms with Gasteiger partial charge in [0, 0.05) is 10.4 Å². The van der Waals surface area contributed by atoms with Gasteiger partial charge in [0.05, 0.1) is 15.5 Å². The van der Waals surface area contributed by atoms with Gasteiger partial charge in [-0.3, -0.25) is 0 Å². The van der Waals surface area contributed by atoms with Gasteiger partial charge in [0.25, 0.3) is 0 Å². The van der Waals surface area contributed by atoms with Crippen molar-refractivity contribution in [2.24, 2.45) is 0 Å². The Morgan fingerprint density at radius 1 is 1.35 bits per heavy atom. The van der Waals surface area contributed by atoms with Crippen molar-refractivity contribution in [2.75, 3.05) is 6.54 Å². The van der Waals surface area contributed by atoms with Gasteiger partial charge in [-0.05, 0) is 52.5 Å². The van der Waals surface area contributed by atoms with E-state index in [2.05, 4.69) is 21.2 Å². The van der Waals surface area contributed by atoms with Crippen molar-refractivity contribution in [3.63, 3.8) is 0 Å². The highest BCUT2D eigenvalue weighted by Gasteiger charge is 2.23. The van der Waals surface area contributed by atoms with E-state index >= 15 is 0 Å². The average molecular weight is 381 g/mol. The topological polar surface area (TPSA) is 12.0 Å². The zero-order valence-electron chi connectivity index (χ0n) is 10.9. The highest BCUT2D eigenvalue weighted by atomic mass is 79.9. The molecule has 0 saturated heterocycles. The summed E-state index contributed by atoms with van der Waals surface area (Å²) in [5.41, 5.74) is 1.20. The summed E-state index contributed by atoms with van der Waals surface area (Å²) in [6.45, 7) is 4.42. The normalized spacial score (nSPS) is 12.7. The molecule has 1 nitrogen and oxygen atoms in total. The fraction of sp³-hybridized carbons (Fsp3) is 0.286. The van der Waals surface area contributed by atoms with Gasteiger partial charge in [-0.15, -0.1) is 11.3 Å². The van der Waals surface area contributed by atoms with Crippen LogP contribution in [0.2, 0.25) is 5.02 Å². The van der Waals surface area contributed by atoms with E-state index in [0.29, 0.717) is 11.6 Å². The molecular formula is C14H13BrClF2NS. The number of nitrogens with one attached hydrogen (secondary N) is 1. The molecule has 2 rings (SSSR count). The van der Waals surface area contributed by atoms with E-state index in [0.717, 1.165) is 16.5 Å². The number of aryl methyl sites for hydroxylation is 1. The molecule has 2 aromatic rings. The minimum atomic E-state index is -0.492. The second kappa shape index (κ2) is 6.52. The van der Waals surface area contributed by atoms with Crippen molar-refractivity contribution in [3.8, 4) is 0 Å². The number of halogens is 4. The minimum absolute atomic E-state index is 0.113. The van der Waals surface area contributed by atoms with Gasteiger partial charge >= 0.3 is 0 Å². The lowest BCUT2D eigenvalue weighted by Crippen LogP contribution is -2.22. The van der Waals surface area contributed by atoms with Gasteiger partial charge in [-0.2, -0.15) is 0 Å². The van der Waals surface area contributed by atoms with E-state index in [1.807, 2.05) is 19.2 Å². The quantitative estimate of drug-likeness (QED) is 0.696. The van der Waals surface area contributed by atoms with Crippen molar-refractivity contribution in [1.82, 2.24) is 5.32 Å². The molecule has 0 bridgehead atoms. The predicted molar refractivity (Wildman–Crippen MR) is 83.6 cm³/mol. The zero-order valence-corrected chi connectivity index (χ0v) is 14.1. The number of benzene rings is 1. The summed E-state index contributed by atoms with van der Waals surface area (Å²) in [6.07, 6.45) is 0. The molecule has 0 radical (unpaired) electrons. The molecule has 108 valence electrons. The smallest absolute Gasteiger partial charge is 0.137 e. The molecule has 20 heavy (non-hydrogen) atoms. The standard InChI is InChI=1S/C14H13BrClF2NS/c1-3-19-13(14-12(16)7(2)6-20-14)8-4-11(18)9(15)5-10(8)17/h4-6,13,19H,3H2,1-2H3. The highest BCUT2D eigenvalue weighted by molar-refractivity contribution is 9.10. The monoisotopic (exact) mass is 379 g/mol. The van der Waals surface area contributed by atoms with Crippen LogP contribution in [0, 0.1) is 18.6 Å². The largest absolute Gasteiger partial charge is 0.306 e. The third-order valence-corrected chi connectivity index (χ3v) is 5.33. The van der Waals surface area contributed by atoms with Crippen molar-refractivity contribution in [3.05, 3.63) is 54.6 Å². The summed E-state index contributed by atoms with van der Waals surface area (Å²) in [5.74, 6) is -0.958. The number of hydrogen-bond acceptors (Lipinski definition) is 2. The Hall–Kier alpha value is -0.490. The number of thiophene rings is 1. The maximum atomic E-state index is 14.2. The van der Waals surface area contributed by atoms with E-state index in [9.17, 15) is 8.78 Å². The Bertz CT molecular complexity index is 630. The third kappa shape index (κ3) is 3.06. The summed E-state index contributed by atoms with van der Waals surface area (Å²) < 4.78 is 28.0. The average Bonchev–Trinajstić information content (AvgIpc) is 2.72. The van der Waals surface area contributed by atoms with Gasteiger partial charge in [-0.25, -0.2) is 8.78 Å². The highest BCUT2D eigenvalue weighted by Crippen LogP contribution is 2.37. The van der Waals surface area contributed by atoms with E-state index in [1.165, 1.54) is 17.4 Å². The summed E-state index contributed by atoms with van der Waals surface area (Å²) in [6, 6.07) is 1.90. The second-order valence-corrected chi connectivity index (χ2v) is 6.52. The van der Waals surface area contributed by atoms with E-state index in [-0.39, 0.29) is 10.0 Å². The van der Waals surface area contributed by atoms with Gasteiger partial charge in [0.15, 0.2) is 0 Å². The van der Waals surface area contributed by atoms with Crippen LogP contribution < -0.4 is 5.32 Å². The molecule has 1 aromatic carbocycles. The fourth-order valence-electron chi connectivity index (χ4n) is 1.95. The Kier molecular flexibility index (Phi) is 5.18. The van der Waals surface area contributed by atoms with Crippen LogP contribution in [0.15, 0.2) is 22.0 Å². The Morgan fingerprint density at radius 3 is 2.60 bits per heavy atom. The Balaban J connectivity index is 2.54. The van der Waals surface area contributed by atoms with Gasteiger partial charge in [0.1, 0.15) is 11.6 Å². The first-order valence-electron chi connectivity index (χ1n) is 6.07. The van der Waals surface area contributed by atoms with Crippen LogP contribution in [-0.4, -0.2) is 6.54 Å². The molecule has 1 heterocycles. The first kappa shape index (κ1) is 15.9. The molecule has 0 aliphatic rings.